The van der Waals surface area contributed by atoms with Gasteiger partial charge in [-0.2, -0.15) is 0 Å². The van der Waals surface area contributed by atoms with E-state index in [0.29, 0.717) is 6.04 Å². The van der Waals surface area contributed by atoms with Crippen molar-refractivity contribution in [3.05, 3.63) is 22.4 Å². The number of nitrogens with one attached hydrogen (secondary N) is 1. The number of amidine groups is 1. The van der Waals surface area contributed by atoms with Crippen molar-refractivity contribution in [2.75, 3.05) is 6.54 Å². The van der Waals surface area contributed by atoms with Gasteiger partial charge >= 0.3 is 0 Å². The summed E-state index contributed by atoms with van der Waals surface area (Å²) in [4.78, 5) is 3.83. The van der Waals surface area contributed by atoms with Crippen LogP contribution >= 0.6 is 11.3 Å². The molecule has 4 heteroatoms. The minimum absolute atomic E-state index is 0.206. The number of thiophene rings is 1. The van der Waals surface area contributed by atoms with Gasteiger partial charge in [-0.05, 0) is 38.3 Å². The van der Waals surface area contributed by atoms with E-state index in [1.54, 1.807) is 11.3 Å². The van der Waals surface area contributed by atoms with Gasteiger partial charge in [0.2, 0.25) is 0 Å². The molecule has 3 N–H and O–H groups in total. The van der Waals surface area contributed by atoms with Crippen LogP contribution in [-0.4, -0.2) is 23.3 Å². The van der Waals surface area contributed by atoms with Gasteiger partial charge in [0.1, 0.15) is 0 Å². The lowest BCUT2D eigenvalue weighted by atomic mass is 9.88. The molecule has 0 aliphatic carbocycles. The normalized spacial score (nSPS) is 12.3. The smallest absolute Gasteiger partial charge is 0.0963 e. The summed E-state index contributed by atoms with van der Waals surface area (Å²) in [5.41, 5.74) is 5.43. The minimum atomic E-state index is -0.206. The number of hydrogen-bond donors (Lipinski definition) is 2. The molecular weight excluding hydrogens is 242 g/mol. The van der Waals surface area contributed by atoms with Crippen LogP contribution in [0, 0.1) is 10.8 Å². The van der Waals surface area contributed by atoms with E-state index < -0.39 is 0 Å². The maximum Gasteiger partial charge on any atom is 0.0963 e. The predicted molar refractivity (Wildman–Crippen MR) is 80.2 cm³/mol. The summed E-state index contributed by atoms with van der Waals surface area (Å²) in [5.74, 6) is 0.280. The Hall–Kier alpha value is -0.870. The molecule has 0 saturated carbocycles. The molecule has 3 nitrogen and oxygen atoms in total. The molecule has 0 unspecified atom stereocenters. The number of nitrogens with zero attached hydrogens (tertiary/aromatic N) is 1. The van der Waals surface area contributed by atoms with Crippen LogP contribution in [0.4, 0.5) is 0 Å². The summed E-state index contributed by atoms with van der Waals surface area (Å²) in [7, 11) is 0. The summed E-state index contributed by atoms with van der Waals surface area (Å²) >= 11 is 1.80. The van der Waals surface area contributed by atoms with Crippen molar-refractivity contribution in [1.29, 1.82) is 5.41 Å². The first-order valence-corrected chi connectivity index (χ1v) is 7.32. The molecular formula is C14H25N3S. The van der Waals surface area contributed by atoms with Gasteiger partial charge in [0.15, 0.2) is 0 Å². The van der Waals surface area contributed by atoms with Crippen molar-refractivity contribution in [3.8, 4) is 0 Å². The number of rotatable bonds is 7. The third-order valence-electron chi connectivity index (χ3n) is 3.42. The van der Waals surface area contributed by atoms with Crippen molar-refractivity contribution in [3.63, 3.8) is 0 Å². The van der Waals surface area contributed by atoms with E-state index in [2.05, 4.69) is 36.3 Å². The molecule has 0 aliphatic rings. The van der Waals surface area contributed by atoms with Crippen LogP contribution in [0.2, 0.25) is 0 Å². The van der Waals surface area contributed by atoms with Crippen LogP contribution in [0.25, 0.3) is 0 Å². The molecule has 0 spiro atoms. The molecule has 0 bridgehead atoms. The summed E-state index contributed by atoms with van der Waals surface area (Å²) in [6, 6.07) is 4.78. The molecule has 0 aliphatic heterocycles. The Morgan fingerprint density at radius 3 is 2.61 bits per heavy atom. The van der Waals surface area contributed by atoms with Gasteiger partial charge in [0.05, 0.1) is 5.84 Å². The van der Waals surface area contributed by atoms with E-state index in [1.165, 1.54) is 4.88 Å². The zero-order valence-corrected chi connectivity index (χ0v) is 12.7. The predicted octanol–water partition coefficient (Wildman–Crippen LogP) is 3.31. The van der Waals surface area contributed by atoms with Crippen LogP contribution in [0.1, 0.15) is 39.0 Å². The zero-order valence-electron chi connectivity index (χ0n) is 11.9. The Bertz CT molecular complexity index is 368. The minimum Gasteiger partial charge on any atom is -0.387 e. The Balaban J connectivity index is 2.56. The van der Waals surface area contributed by atoms with Crippen LogP contribution in [0.5, 0.6) is 0 Å². The molecule has 1 rings (SSSR count). The molecule has 1 heterocycles. The van der Waals surface area contributed by atoms with E-state index in [1.807, 2.05) is 13.8 Å². The average molecular weight is 267 g/mol. The Kier molecular flexibility index (Phi) is 5.35. The largest absolute Gasteiger partial charge is 0.387 e. The third-order valence-corrected chi connectivity index (χ3v) is 4.28. The molecule has 102 valence electrons. The fraction of sp³-hybridized carbons (Fsp3) is 0.643. The zero-order chi connectivity index (χ0) is 13.8. The molecule has 0 saturated heterocycles. The van der Waals surface area contributed by atoms with Crippen LogP contribution in [-0.2, 0) is 6.54 Å². The van der Waals surface area contributed by atoms with Crippen LogP contribution < -0.4 is 5.73 Å². The average Bonchev–Trinajstić information content (AvgIpc) is 2.76. The Labute approximate surface area is 115 Å². The SMILES string of the molecule is CC(C)N(CCC(C)(C)C(=N)N)Cc1cccs1. The quantitative estimate of drug-likeness (QED) is 0.588. The molecule has 0 aromatic carbocycles. The number of hydrogen-bond acceptors (Lipinski definition) is 3. The van der Waals surface area contributed by atoms with E-state index in [4.69, 9.17) is 11.1 Å². The molecule has 0 fully saturated rings. The first-order valence-electron chi connectivity index (χ1n) is 6.44. The standard InChI is InChI=1S/C14H25N3S/c1-11(2)17(10-12-6-5-9-18-12)8-7-14(3,4)13(15)16/h5-6,9,11H,7-8,10H2,1-4H3,(H3,15,16). The third kappa shape index (κ3) is 4.42. The van der Waals surface area contributed by atoms with Crippen molar-refractivity contribution in [2.24, 2.45) is 11.1 Å². The summed E-state index contributed by atoms with van der Waals surface area (Å²) in [5, 5.41) is 9.72. The molecule has 0 atom stereocenters. The van der Waals surface area contributed by atoms with Crippen molar-refractivity contribution in [1.82, 2.24) is 4.90 Å². The van der Waals surface area contributed by atoms with E-state index in [0.717, 1.165) is 19.5 Å². The van der Waals surface area contributed by atoms with Gasteiger partial charge in [-0.25, -0.2) is 0 Å². The van der Waals surface area contributed by atoms with E-state index in [9.17, 15) is 0 Å². The number of nitrogens with two attached hydrogens (primary N) is 1. The highest BCUT2D eigenvalue weighted by Gasteiger charge is 2.23. The topological polar surface area (TPSA) is 53.1 Å². The molecule has 0 amide bonds. The highest BCUT2D eigenvalue weighted by Crippen LogP contribution is 2.22. The highest BCUT2D eigenvalue weighted by molar-refractivity contribution is 7.09. The molecule has 0 radical (unpaired) electrons. The summed E-state index contributed by atoms with van der Waals surface area (Å²) in [6.07, 6.45) is 0.923. The van der Waals surface area contributed by atoms with Gasteiger partial charge in [0.25, 0.3) is 0 Å². The second-order valence-electron chi connectivity index (χ2n) is 5.69. The van der Waals surface area contributed by atoms with Gasteiger partial charge in [-0.1, -0.05) is 19.9 Å². The van der Waals surface area contributed by atoms with E-state index in [-0.39, 0.29) is 11.3 Å². The second-order valence-corrected chi connectivity index (χ2v) is 6.72. The Morgan fingerprint density at radius 1 is 1.50 bits per heavy atom. The monoisotopic (exact) mass is 267 g/mol. The van der Waals surface area contributed by atoms with Gasteiger partial charge < -0.3 is 5.73 Å². The molecule has 1 aromatic rings. The highest BCUT2D eigenvalue weighted by atomic mass is 32.1. The maximum absolute atomic E-state index is 7.61. The van der Waals surface area contributed by atoms with Crippen LogP contribution in [0.3, 0.4) is 0 Å². The summed E-state index contributed by atoms with van der Waals surface area (Å²) < 4.78 is 0. The lowest BCUT2D eigenvalue weighted by Gasteiger charge is -2.30. The lowest BCUT2D eigenvalue weighted by Crippen LogP contribution is -2.37. The van der Waals surface area contributed by atoms with Gasteiger partial charge in [-0.3, -0.25) is 10.3 Å². The second kappa shape index (κ2) is 6.34. The van der Waals surface area contributed by atoms with Crippen LogP contribution in [0.15, 0.2) is 17.5 Å². The first-order chi connectivity index (χ1) is 8.33. The summed E-state index contributed by atoms with van der Waals surface area (Å²) in [6.45, 7) is 10.5. The fourth-order valence-corrected chi connectivity index (χ4v) is 2.41. The molecule has 1 aromatic heterocycles. The maximum atomic E-state index is 7.61. The first kappa shape index (κ1) is 15.2. The van der Waals surface area contributed by atoms with Crippen molar-refractivity contribution >= 4 is 17.2 Å². The molecule has 18 heavy (non-hydrogen) atoms. The Morgan fingerprint density at radius 2 is 2.17 bits per heavy atom. The van der Waals surface area contributed by atoms with Crippen molar-refractivity contribution in [2.45, 2.75) is 46.7 Å². The van der Waals surface area contributed by atoms with Gasteiger partial charge in [0, 0.05) is 22.9 Å². The fourth-order valence-electron chi connectivity index (χ4n) is 1.68. The lowest BCUT2D eigenvalue weighted by molar-refractivity contribution is 0.194. The van der Waals surface area contributed by atoms with E-state index >= 15 is 0 Å². The van der Waals surface area contributed by atoms with Gasteiger partial charge in [-0.15, -0.1) is 11.3 Å². The van der Waals surface area contributed by atoms with Crippen molar-refractivity contribution < 1.29 is 0 Å².